The van der Waals surface area contributed by atoms with E-state index in [0.717, 1.165) is 5.02 Å². The van der Waals surface area contributed by atoms with Crippen LogP contribution in [0.1, 0.15) is 18.5 Å². The van der Waals surface area contributed by atoms with Crippen LogP contribution < -0.4 is 11.3 Å². The van der Waals surface area contributed by atoms with Gasteiger partial charge in [-0.2, -0.15) is 5.84 Å². The highest BCUT2D eigenvalue weighted by atomic mass is 35.5. The maximum Gasteiger partial charge on any atom is 0.126 e. The molecule has 1 unspecified atom stereocenters. The standard InChI is InChI=1S/C8H11ClN2/c1-6(11-10)7-2-4-8(9)5-3-7/h2-6,11H,10H2,1H3/p+1. The van der Waals surface area contributed by atoms with Crippen LogP contribution in [0, 0.1) is 0 Å². The fourth-order valence-electron chi connectivity index (χ4n) is 0.877. The van der Waals surface area contributed by atoms with Crippen molar-refractivity contribution in [3.8, 4) is 0 Å². The fraction of sp³-hybridized carbons (Fsp3) is 0.250. The SMILES string of the molecule is CC([NH2+]N)c1ccc(Cl)cc1. The molecule has 11 heavy (non-hydrogen) atoms. The van der Waals surface area contributed by atoms with Gasteiger partial charge in [0.1, 0.15) is 6.04 Å². The number of halogens is 1. The van der Waals surface area contributed by atoms with Crippen molar-refractivity contribution in [3.05, 3.63) is 34.9 Å². The minimum Gasteiger partial charge on any atom is -0.265 e. The Morgan fingerprint density at radius 3 is 2.36 bits per heavy atom. The van der Waals surface area contributed by atoms with Gasteiger partial charge in [-0.1, -0.05) is 23.7 Å². The van der Waals surface area contributed by atoms with Crippen LogP contribution >= 0.6 is 11.6 Å². The molecule has 0 fully saturated rings. The zero-order valence-electron chi connectivity index (χ0n) is 6.42. The minimum atomic E-state index is 0.298. The van der Waals surface area contributed by atoms with Gasteiger partial charge in [-0.05, 0) is 19.1 Å². The van der Waals surface area contributed by atoms with Gasteiger partial charge >= 0.3 is 0 Å². The second kappa shape index (κ2) is 3.72. The van der Waals surface area contributed by atoms with Crippen molar-refractivity contribution in [2.45, 2.75) is 13.0 Å². The van der Waals surface area contributed by atoms with Gasteiger partial charge in [-0.15, -0.1) is 0 Å². The van der Waals surface area contributed by atoms with Gasteiger partial charge < -0.3 is 0 Å². The van der Waals surface area contributed by atoms with E-state index in [9.17, 15) is 0 Å². The predicted molar refractivity (Wildman–Crippen MR) is 46.0 cm³/mol. The fourth-order valence-corrected chi connectivity index (χ4v) is 1.00. The van der Waals surface area contributed by atoms with Crippen LogP contribution in [-0.2, 0) is 0 Å². The lowest BCUT2D eigenvalue weighted by molar-refractivity contribution is -0.705. The lowest BCUT2D eigenvalue weighted by Crippen LogP contribution is -2.91. The van der Waals surface area contributed by atoms with Crippen molar-refractivity contribution < 1.29 is 5.43 Å². The van der Waals surface area contributed by atoms with E-state index in [1.807, 2.05) is 31.2 Å². The molecular weight excluding hydrogens is 160 g/mol. The van der Waals surface area contributed by atoms with Gasteiger partial charge in [0.2, 0.25) is 0 Å². The first kappa shape index (κ1) is 8.53. The Labute approximate surface area is 71.3 Å². The zero-order valence-corrected chi connectivity index (χ0v) is 7.18. The van der Waals surface area contributed by atoms with Gasteiger partial charge in [-0.3, -0.25) is 5.43 Å². The maximum atomic E-state index is 5.72. The Hall–Kier alpha value is -0.570. The summed E-state index contributed by atoms with van der Waals surface area (Å²) in [6, 6.07) is 8.01. The molecular formula is C8H12ClN2+. The molecule has 1 aromatic rings. The molecule has 4 N–H and O–H groups in total. The van der Waals surface area contributed by atoms with E-state index in [2.05, 4.69) is 0 Å². The van der Waals surface area contributed by atoms with Crippen LogP contribution in [0.4, 0.5) is 0 Å². The zero-order chi connectivity index (χ0) is 8.27. The predicted octanol–water partition coefficient (Wildman–Crippen LogP) is 0.838. The van der Waals surface area contributed by atoms with Gasteiger partial charge in [0.25, 0.3) is 0 Å². The van der Waals surface area contributed by atoms with Crippen LogP contribution in [0.3, 0.4) is 0 Å². The van der Waals surface area contributed by atoms with Crippen LogP contribution in [-0.4, -0.2) is 0 Å². The summed E-state index contributed by atoms with van der Waals surface area (Å²) in [7, 11) is 0. The molecule has 0 saturated heterocycles. The van der Waals surface area contributed by atoms with Crippen LogP contribution in [0.2, 0.25) is 5.02 Å². The normalized spacial score (nSPS) is 13.0. The molecule has 0 heterocycles. The lowest BCUT2D eigenvalue weighted by atomic mass is 10.1. The monoisotopic (exact) mass is 171 g/mol. The highest BCUT2D eigenvalue weighted by molar-refractivity contribution is 6.30. The number of rotatable bonds is 2. The number of quaternary nitrogens is 1. The van der Waals surface area contributed by atoms with E-state index >= 15 is 0 Å². The van der Waals surface area contributed by atoms with Crippen LogP contribution in [0.15, 0.2) is 24.3 Å². The molecule has 2 nitrogen and oxygen atoms in total. The van der Waals surface area contributed by atoms with Crippen molar-refractivity contribution in [1.29, 1.82) is 0 Å². The topological polar surface area (TPSA) is 42.6 Å². The maximum absolute atomic E-state index is 5.72. The molecule has 1 rings (SSSR count). The highest BCUT2D eigenvalue weighted by Gasteiger charge is 2.04. The number of benzene rings is 1. The van der Waals surface area contributed by atoms with E-state index in [-0.39, 0.29) is 0 Å². The van der Waals surface area contributed by atoms with Crippen LogP contribution in [0.5, 0.6) is 0 Å². The first-order chi connectivity index (χ1) is 5.24. The Morgan fingerprint density at radius 1 is 1.36 bits per heavy atom. The van der Waals surface area contributed by atoms with Crippen molar-refractivity contribution in [2.75, 3.05) is 0 Å². The smallest absolute Gasteiger partial charge is 0.126 e. The molecule has 0 bridgehead atoms. The highest BCUT2D eigenvalue weighted by Crippen LogP contribution is 2.12. The van der Waals surface area contributed by atoms with Crippen molar-refractivity contribution in [3.63, 3.8) is 0 Å². The Balaban J connectivity index is 2.81. The summed E-state index contributed by atoms with van der Waals surface area (Å²) >= 11 is 5.72. The Bertz CT molecular complexity index is 220. The molecule has 0 aliphatic carbocycles. The van der Waals surface area contributed by atoms with Crippen LogP contribution in [0.25, 0.3) is 0 Å². The molecule has 60 valence electrons. The van der Waals surface area contributed by atoms with Crippen molar-refractivity contribution in [2.24, 2.45) is 5.84 Å². The molecule has 0 aliphatic rings. The molecule has 0 aromatic heterocycles. The summed E-state index contributed by atoms with van der Waals surface area (Å²) < 4.78 is 0. The van der Waals surface area contributed by atoms with E-state index in [4.69, 9.17) is 17.4 Å². The lowest BCUT2D eigenvalue weighted by Gasteiger charge is -2.05. The third-order valence-corrected chi connectivity index (χ3v) is 1.94. The van der Waals surface area contributed by atoms with E-state index in [0.29, 0.717) is 6.04 Å². The Kier molecular flexibility index (Phi) is 2.88. The summed E-state index contributed by atoms with van der Waals surface area (Å²) in [6.07, 6.45) is 0. The summed E-state index contributed by atoms with van der Waals surface area (Å²) in [6.45, 7) is 2.04. The molecule has 1 atom stereocenters. The summed E-state index contributed by atoms with van der Waals surface area (Å²) in [5.41, 5.74) is 2.86. The largest absolute Gasteiger partial charge is 0.265 e. The number of nitrogens with two attached hydrogens (primary N) is 2. The van der Waals surface area contributed by atoms with Crippen molar-refractivity contribution >= 4 is 11.6 Å². The third kappa shape index (κ3) is 2.19. The van der Waals surface area contributed by atoms with Crippen molar-refractivity contribution in [1.82, 2.24) is 0 Å². The van der Waals surface area contributed by atoms with E-state index in [1.165, 1.54) is 5.56 Å². The summed E-state index contributed by atoms with van der Waals surface area (Å²) in [5, 5.41) is 0.762. The average Bonchev–Trinajstić information content (AvgIpc) is 2.05. The van der Waals surface area contributed by atoms with E-state index < -0.39 is 0 Å². The second-order valence-corrected chi connectivity index (χ2v) is 2.97. The van der Waals surface area contributed by atoms with E-state index in [1.54, 1.807) is 5.43 Å². The molecule has 0 amide bonds. The minimum absolute atomic E-state index is 0.298. The van der Waals surface area contributed by atoms with Gasteiger partial charge in [0.15, 0.2) is 0 Å². The van der Waals surface area contributed by atoms with Gasteiger partial charge in [0.05, 0.1) is 0 Å². The first-order valence-electron chi connectivity index (χ1n) is 3.54. The molecule has 0 aliphatic heterocycles. The molecule has 3 heteroatoms. The third-order valence-electron chi connectivity index (χ3n) is 1.68. The summed E-state index contributed by atoms with van der Waals surface area (Å²) in [5.74, 6) is 5.38. The molecule has 1 aromatic carbocycles. The molecule has 0 saturated carbocycles. The molecule has 0 radical (unpaired) electrons. The second-order valence-electron chi connectivity index (χ2n) is 2.53. The Morgan fingerprint density at radius 2 is 1.91 bits per heavy atom. The number of hydrogen-bond donors (Lipinski definition) is 2. The molecule has 0 spiro atoms. The first-order valence-corrected chi connectivity index (χ1v) is 3.92. The summed E-state index contributed by atoms with van der Waals surface area (Å²) in [4.78, 5) is 0. The average molecular weight is 172 g/mol. The van der Waals surface area contributed by atoms with Gasteiger partial charge in [-0.25, -0.2) is 0 Å². The quantitative estimate of drug-likeness (QED) is 0.503. The van der Waals surface area contributed by atoms with Gasteiger partial charge in [0, 0.05) is 10.6 Å². The number of hydrogen-bond acceptors (Lipinski definition) is 1.